The second kappa shape index (κ2) is 7.96. The summed E-state index contributed by atoms with van der Waals surface area (Å²) in [7, 11) is 4.21. The molecule has 4 heteroatoms. The molecule has 0 spiro atoms. The highest BCUT2D eigenvalue weighted by atomic mass is 15.1. The molecule has 114 valence electrons. The van der Waals surface area contributed by atoms with Gasteiger partial charge in [0.25, 0.3) is 0 Å². The van der Waals surface area contributed by atoms with Gasteiger partial charge in [0.15, 0.2) is 0 Å². The Bertz CT molecular complexity index is 545. The standard InChI is InChI=1S/C17H26N4/c1-4-9-21-14-19-12-17(21)11-18-10-15-7-5-6-8-16(15)13-20(2)3/h5-8,12,14,18H,4,9-11,13H2,1-3H3. The van der Waals surface area contributed by atoms with Crippen molar-refractivity contribution in [3.05, 3.63) is 53.6 Å². The van der Waals surface area contributed by atoms with Crippen molar-refractivity contribution in [3.63, 3.8) is 0 Å². The van der Waals surface area contributed by atoms with Gasteiger partial charge in [0.1, 0.15) is 0 Å². The van der Waals surface area contributed by atoms with Crippen molar-refractivity contribution in [2.75, 3.05) is 14.1 Å². The van der Waals surface area contributed by atoms with Crippen LogP contribution in [0.3, 0.4) is 0 Å². The molecule has 0 radical (unpaired) electrons. The normalized spacial score (nSPS) is 11.2. The summed E-state index contributed by atoms with van der Waals surface area (Å²) in [4.78, 5) is 6.44. The Kier molecular flexibility index (Phi) is 5.96. The molecule has 1 aromatic carbocycles. The first-order valence-electron chi connectivity index (χ1n) is 7.62. The van der Waals surface area contributed by atoms with Crippen LogP contribution in [0.1, 0.15) is 30.2 Å². The van der Waals surface area contributed by atoms with E-state index in [-0.39, 0.29) is 0 Å². The Hall–Kier alpha value is -1.65. The molecule has 0 aliphatic carbocycles. The maximum atomic E-state index is 4.24. The van der Waals surface area contributed by atoms with E-state index in [0.717, 1.165) is 32.6 Å². The molecule has 0 saturated heterocycles. The zero-order chi connectivity index (χ0) is 15.1. The van der Waals surface area contributed by atoms with Gasteiger partial charge >= 0.3 is 0 Å². The Labute approximate surface area is 127 Å². The number of rotatable bonds is 8. The molecule has 0 unspecified atom stereocenters. The van der Waals surface area contributed by atoms with Crippen LogP contribution in [-0.2, 0) is 26.2 Å². The van der Waals surface area contributed by atoms with Crippen molar-refractivity contribution in [2.45, 2.75) is 39.5 Å². The molecule has 1 aromatic heterocycles. The Morgan fingerprint density at radius 3 is 2.62 bits per heavy atom. The first-order chi connectivity index (χ1) is 10.2. The lowest BCUT2D eigenvalue weighted by Gasteiger charge is -2.15. The number of nitrogens with one attached hydrogen (secondary N) is 1. The number of aryl methyl sites for hydroxylation is 1. The largest absolute Gasteiger partial charge is 0.333 e. The number of hydrogen-bond donors (Lipinski definition) is 1. The van der Waals surface area contributed by atoms with Gasteiger partial charge in [-0.1, -0.05) is 31.2 Å². The van der Waals surface area contributed by atoms with Gasteiger partial charge in [-0.25, -0.2) is 4.98 Å². The minimum absolute atomic E-state index is 0.857. The van der Waals surface area contributed by atoms with Gasteiger partial charge < -0.3 is 14.8 Å². The lowest BCUT2D eigenvalue weighted by atomic mass is 10.1. The molecular weight excluding hydrogens is 260 g/mol. The molecule has 1 N–H and O–H groups in total. The third kappa shape index (κ3) is 4.69. The summed E-state index contributed by atoms with van der Waals surface area (Å²) in [6.45, 7) is 5.95. The summed E-state index contributed by atoms with van der Waals surface area (Å²) >= 11 is 0. The van der Waals surface area contributed by atoms with Gasteiger partial charge in [0.05, 0.1) is 12.0 Å². The fraction of sp³-hybridized carbons (Fsp3) is 0.471. The highest BCUT2D eigenvalue weighted by Crippen LogP contribution is 2.10. The molecule has 21 heavy (non-hydrogen) atoms. The fourth-order valence-corrected chi connectivity index (χ4v) is 2.49. The number of nitrogens with zero attached hydrogens (tertiary/aromatic N) is 3. The number of aromatic nitrogens is 2. The quantitative estimate of drug-likeness (QED) is 0.810. The van der Waals surface area contributed by atoms with E-state index in [0.29, 0.717) is 0 Å². The molecule has 0 saturated carbocycles. The van der Waals surface area contributed by atoms with E-state index in [2.05, 4.69) is 65.1 Å². The van der Waals surface area contributed by atoms with Crippen LogP contribution >= 0.6 is 0 Å². The molecule has 0 fully saturated rings. The van der Waals surface area contributed by atoms with Crippen molar-refractivity contribution in [1.82, 2.24) is 19.8 Å². The van der Waals surface area contributed by atoms with Crippen molar-refractivity contribution < 1.29 is 0 Å². The van der Waals surface area contributed by atoms with E-state index in [9.17, 15) is 0 Å². The third-order valence-corrected chi connectivity index (χ3v) is 3.49. The number of imidazole rings is 1. The molecular formula is C17H26N4. The van der Waals surface area contributed by atoms with Gasteiger partial charge in [-0.2, -0.15) is 0 Å². The molecule has 0 bridgehead atoms. The van der Waals surface area contributed by atoms with Crippen LogP contribution in [0.2, 0.25) is 0 Å². The zero-order valence-corrected chi connectivity index (χ0v) is 13.3. The SMILES string of the molecule is CCCn1cncc1CNCc1ccccc1CN(C)C. The lowest BCUT2D eigenvalue weighted by Crippen LogP contribution is -2.18. The maximum Gasteiger partial charge on any atom is 0.0948 e. The van der Waals surface area contributed by atoms with Gasteiger partial charge in [-0.3, -0.25) is 0 Å². The van der Waals surface area contributed by atoms with Gasteiger partial charge in [-0.05, 0) is 31.6 Å². The first-order valence-corrected chi connectivity index (χ1v) is 7.62. The number of benzene rings is 1. The summed E-state index contributed by atoms with van der Waals surface area (Å²) in [5.74, 6) is 0. The molecule has 2 rings (SSSR count). The zero-order valence-electron chi connectivity index (χ0n) is 13.3. The van der Waals surface area contributed by atoms with Crippen molar-refractivity contribution in [3.8, 4) is 0 Å². The topological polar surface area (TPSA) is 33.1 Å². The highest BCUT2D eigenvalue weighted by Gasteiger charge is 2.04. The van der Waals surface area contributed by atoms with Crippen molar-refractivity contribution in [2.24, 2.45) is 0 Å². The maximum absolute atomic E-state index is 4.24. The Morgan fingerprint density at radius 2 is 1.90 bits per heavy atom. The van der Waals surface area contributed by atoms with Crippen LogP contribution in [0.15, 0.2) is 36.8 Å². The van der Waals surface area contributed by atoms with Gasteiger partial charge in [-0.15, -0.1) is 0 Å². The van der Waals surface area contributed by atoms with Crippen LogP contribution in [0.4, 0.5) is 0 Å². The highest BCUT2D eigenvalue weighted by molar-refractivity contribution is 5.27. The van der Waals surface area contributed by atoms with E-state index < -0.39 is 0 Å². The van der Waals surface area contributed by atoms with E-state index in [1.165, 1.54) is 16.8 Å². The molecule has 2 aromatic rings. The van der Waals surface area contributed by atoms with E-state index in [1.54, 1.807) is 0 Å². The fourth-order valence-electron chi connectivity index (χ4n) is 2.49. The average molecular weight is 286 g/mol. The molecule has 0 atom stereocenters. The van der Waals surface area contributed by atoms with Crippen molar-refractivity contribution >= 4 is 0 Å². The smallest absolute Gasteiger partial charge is 0.0948 e. The summed E-state index contributed by atoms with van der Waals surface area (Å²) < 4.78 is 2.22. The average Bonchev–Trinajstić information content (AvgIpc) is 2.88. The van der Waals surface area contributed by atoms with Crippen LogP contribution in [0.25, 0.3) is 0 Å². The van der Waals surface area contributed by atoms with Crippen LogP contribution < -0.4 is 5.32 Å². The predicted octanol–water partition coefficient (Wildman–Crippen LogP) is 2.64. The van der Waals surface area contributed by atoms with Crippen LogP contribution in [0.5, 0.6) is 0 Å². The minimum atomic E-state index is 0.857. The summed E-state index contributed by atoms with van der Waals surface area (Å²) in [6, 6.07) is 8.63. The summed E-state index contributed by atoms with van der Waals surface area (Å²) in [5, 5.41) is 3.54. The third-order valence-electron chi connectivity index (χ3n) is 3.49. The molecule has 4 nitrogen and oxygen atoms in total. The predicted molar refractivity (Wildman–Crippen MR) is 86.9 cm³/mol. The van der Waals surface area contributed by atoms with Gasteiger partial charge in [0, 0.05) is 32.4 Å². The molecule has 0 aliphatic heterocycles. The van der Waals surface area contributed by atoms with Gasteiger partial charge in [0.2, 0.25) is 0 Å². The second-order valence-electron chi connectivity index (χ2n) is 5.69. The Morgan fingerprint density at radius 1 is 1.14 bits per heavy atom. The van der Waals surface area contributed by atoms with Crippen LogP contribution in [-0.4, -0.2) is 28.5 Å². The van der Waals surface area contributed by atoms with Crippen molar-refractivity contribution in [1.29, 1.82) is 0 Å². The molecule has 1 heterocycles. The van der Waals surface area contributed by atoms with Crippen LogP contribution in [0, 0.1) is 0 Å². The lowest BCUT2D eigenvalue weighted by molar-refractivity contribution is 0.400. The number of hydrogen-bond acceptors (Lipinski definition) is 3. The molecule has 0 aliphatic rings. The van der Waals surface area contributed by atoms with E-state index in [1.807, 2.05) is 12.5 Å². The summed E-state index contributed by atoms with van der Waals surface area (Å²) in [6.07, 6.45) is 5.00. The summed E-state index contributed by atoms with van der Waals surface area (Å²) in [5.41, 5.74) is 4.01. The second-order valence-corrected chi connectivity index (χ2v) is 5.69. The monoisotopic (exact) mass is 286 g/mol. The first kappa shape index (κ1) is 15.7. The Balaban J connectivity index is 1.92. The minimum Gasteiger partial charge on any atom is -0.333 e. The molecule has 0 amide bonds. The van der Waals surface area contributed by atoms with E-state index in [4.69, 9.17) is 0 Å². The van der Waals surface area contributed by atoms with E-state index >= 15 is 0 Å².